The van der Waals surface area contributed by atoms with E-state index in [4.69, 9.17) is 4.74 Å². The van der Waals surface area contributed by atoms with Crippen LogP contribution in [0, 0.1) is 6.92 Å². The summed E-state index contributed by atoms with van der Waals surface area (Å²) < 4.78 is 35.5. The quantitative estimate of drug-likeness (QED) is 0.154. The highest BCUT2D eigenvalue weighted by atomic mass is 32.2. The molecule has 0 saturated carbocycles. The van der Waals surface area contributed by atoms with Gasteiger partial charge in [-0.15, -0.1) is 11.8 Å². The molecule has 1 aliphatic rings. The maximum Gasteiger partial charge on any atom is 0.262 e. The van der Waals surface area contributed by atoms with Crippen LogP contribution in [0.4, 0.5) is 17.1 Å². The number of hydrogen-bond acceptors (Lipinski definition) is 6. The molecule has 5 aromatic rings. The van der Waals surface area contributed by atoms with Crippen molar-refractivity contribution in [3.05, 3.63) is 144 Å². The van der Waals surface area contributed by atoms with Gasteiger partial charge in [0.2, 0.25) is 0 Å². The van der Waals surface area contributed by atoms with Gasteiger partial charge in [0.15, 0.2) is 0 Å². The van der Waals surface area contributed by atoms with Gasteiger partial charge in [-0.3, -0.25) is 14.4 Å². The summed E-state index contributed by atoms with van der Waals surface area (Å²) in [7, 11) is -3.99. The zero-order chi connectivity index (χ0) is 32.3. The Morgan fingerprint density at radius 3 is 2.20 bits per heavy atom. The molecule has 0 bridgehead atoms. The summed E-state index contributed by atoms with van der Waals surface area (Å²) in [6, 6.07) is 37.7. The normalized spacial score (nSPS) is 14.6. The molecule has 6 rings (SSSR count). The number of anilines is 3. The number of sulfonamides is 1. The van der Waals surface area contributed by atoms with Crippen molar-refractivity contribution in [1.29, 1.82) is 0 Å². The van der Waals surface area contributed by atoms with Crippen molar-refractivity contribution in [3.8, 4) is 5.75 Å². The van der Waals surface area contributed by atoms with Crippen LogP contribution in [0.15, 0.2) is 131 Å². The Morgan fingerprint density at radius 2 is 1.54 bits per heavy atom. The number of carbonyl (C=O) groups excluding carboxylic acids is 1. The molecule has 5 aromatic carbocycles. The molecule has 0 aliphatic carbocycles. The van der Waals surface area contributed by atoms with Crippen LogP contribution < -0.4 is 19.3 Å². The number of carbonyl (C=O) groups is 1. The number of amides is 1. The first-order valence-electron chi connectivity index (χ1n) is 15.0. The van der Waals surface area contributed by atoms with Gasteiger partial charge in [-0.2, -0.15) is 0 Å². The molecule has 0 radical (unpaired) electrons. The first-order chi connectivity index (χ1) is 22.3. The molecule has 0 saturated heterocycles. The minimum absolute atomic E-state index is 0.00857. The number of hydrogen-bond donors (Lipinski definition) is 1. The highest BCUT2D eigenvalue weighted by Gasteiger charge is 2.40. The molecule has 0 fully saturated rings. The Morgan fingerprint density at radius 1 is 0.848 bits per heavy atom. The van der Waals surface area contributed by atoms with Crippen LogP contribution in [-0.2, 0) is 16.6 Å². The molecule has 46 heavy (non-hydrogen) atoms. The van der Waals surface area contributed by atoms with E-state index in [0.717, 1.165) is 21.6 Å². The minimum Gasteiger partial charge on any atom is -0.494 e. The lowest BCUT2D eigenvalue weighted by Crippen LogP contribution is -2.49. The number of ether oxygens (including phenoxy) is 1. The molecule has 1 atom stereocenters. The fraction of sp³-hybridized carbons (Fsp3) is 0.162. The van der Waals surface area contributed by atoms with E-state index in [1.165, 1.54) is 6.07 Å². The van der Waals surface area contributed by atoms with Gasteiger partial charge in [0, 0.05) is 22.8 Å². The second-order valence-electron chi connectivity index (χ2n) is 11.0. The van der Waals surface area contributed by atoms with Crippen LogP contribution in [0.5, 0.6) is 5.75 Å². The van der Waals surface area contributed by atoms with Gasteiger partial charge in [-0.25, -0.2) is 8.42 Å². The molecule has 1 amide bonds. The highest BCUT2D eigenvalue weighted by Crippen LogP contribution is 2.43. The van der Waals surface area contributed by atoms with E-state index in [2.05, 4.69) is 46.0 Å². The van der Waals surface area contributed by atoms with Gasteiger partial charge in [0.1, 0.15) is 11.9 Å². The molecule has 1 aliphatic heterocycles. The number of benzene rings is 5. The van der Waals surface area contributed by atoms with E-state index in [1.807, 2.05) is 74.7 Å². The van der Waals surface area contributed by atoms with Crippen molar-refractivity contribution >= 4 is 44.8 Å². The van der Waals surface area contributed by atoms with Gasteiger partial charge >= 0.3 is 0 Å². The number of nitrogens with one attached hydrogen (secondary N) is 1. The van der Waals surface area contributed by atoms with Crippen molar-refractivity contribution in [3.63, 3.8) is 0 Å². The molecule has 0 aromatic heterocycles. The largest absolute Gasteiger partial charge is 0.494 e. The highest BCUT2D eigenvalue weighted by molar-refractivity contribution is 7.98. The summed E-state index contributed by atoms with van der Waals surface area (Å²) in [6.07, 6.45) is 1.52. The number of rotatable bonds is 10. The lowest BCUT2D eigenvalue weighted by molar-refractivity contribution is 0.0968. The summed E-state index contributed by atoms with van der Waals surface area (Å²) in [4.78, 5) is 19.7. The van der Waals surface area contributed by atoms with E-state index in [-0.39, 0.29) is 10.8 Å². The smallest absolute Gasteiger partial charge is 0.262 e. The third-order valence-corrected chi connectivity index (χ3v) is 10.0. The number of nitrogens with zero attached hydrogens (tertiary/aromatic N) is 2. The molecule has 234 valence electrons. The van der Waals surface area contributed by atoms with Crippen LogP contribution in [0.2, 0.25) is 0 Å². The van der Waals surface area contributed by atoms with Crippen LogP contribution in [-0.4, -0.2) is 27.2 Å². The SMILES string of the molecule is CCOc1ccc(N2C(=O)c3cc(S(=O)(=O)Nc4ccc(C)cc4)ccc3N(Cc3ccccc3)[C@@H]2c2ccc(SC)cc2)cc1. The molecule has 9 heteroatoms. The average molecular weight is 650 g/mol. The fourth-order valence-corrected chi connectivity index (χ4v) is 7.13. The lowest BCUT2D eigenvalue weighted by atomic mass is 9.99. The van der Waals surface area contributed by atoms with Crippen molar-refractivity contribution < 1.29 is 17.9 Å². The third-order valence-electron chi connectivity index (χ3n) is 7.92. The van der Waals surface area contributed by atoms with Crippen molar-refractivity contribution in [2.45, 2.75) is 36.3 Å². The van der Waals surface area contributed by atoms with E-state index in [0.29, 0.717) is 41.5 Å². The number of thioether (sulfide) groups is 1. The van der Waals surface area contributed by atoms with Crippen LogP contribution in [0.3, 0.4) is 0 Å². The van der Waals surface area contributed by atoms with Crippen LogP contribution in [0.1, 0.15) is 40.1 Å². The summed E-state index contributed by atoms with van der Waals surface area (Å²) in [6.45, 7) is 4.87. The van der Waals surface area contributed by atoms with Crippen LogP contribution in [0.25, 0.3) is 0 Å². The van der Waals surface area contributed by atoms with E-state index in [1.54, 1.807) is 40.9 Å². The number of fused-ring (bicyclic) bond motifs is 1. The number of aryl methyl sites for hydroxylation is 1. The summed E-state index contributed by atoms with van der Waals surface area (Å²) >= 11 is 1.65. The van der Waals surface area contributed by atoms with E-state index >= 15 is 0 Å². The third kappa shape index (κ3) is 6.47. The Labute approximate surface area is 274 Å². The van der Waals surface area contributed by atoms with E-state index < -0.39 is 16.2 Å². The van der Waals surface area contributed by atoms with Gasteiger partial charge in [0.25, 0.3) is 15.9 Å². The van der Waals surface area contributed by atoms with Crippen LogP contribution >= 0.6 is 11.8 Å². The summed E-state index contributed by atoms with van der Waals surface area (Å²) in [5.74, 6) is 0.406. The molecule has 1 N–H and O–H groups in total. The minimum atomic E-state index is -3.99. The van der Waals surface area contributed by atoms with Crippen molar-refractivity contribution in [2.24, 2.45) is 0 Å². The standard InChI is InChI=1S/C37H35N3O4S2/c1-4-44-31-18-16-30(17-19-31)40-36(28-12-20-32(45-3)21-13-28)39(25-27-8-6-5-7-9-27)35-23-22-33(24-34(35)37(40)41)46(42,43)38-29-14-10-26(2)11-15-29/h5-24,36,38H,4,25H2,1-3H3/t36-/m0/s1. The van der Waals surface area contributed by atoms with Gasteiger partial charge in [-0.1, -0.05) is 60.2 Å². The Hall–Kier alpha value is -4.73. The van der Waals surface area contributed by atoms with Gasteiger partial charge < -0.3 is 9.64 Å². The predicted molar refractivity (Wildman–Crippen MR) is 186 cm³/mol. The summed E-state index contributed by atoms with van der Waals surface area (Å²) in [5, 5.41) is 0. The second kappa shape index (κ2) is 13.3. The molecule has 0 unspecified atom stereocenters. The molecule has 0 spiro atoms. The zero-order valence-electron chi connectivity index (χ0n) is 25.9. The van der Waals surface area contributed by atoms with Crippen molar-refractivity contribution in [2.75, 3.05) is 27.4 Å². The van der Waals surface area contributed by atoms with Crippen molar-refractivity contribution in [1.82, 2.24) is 0 Å². The second-order valence-corrected chi connectivity index (χ2v) is 13.6. The summed E-state index contributed by atoms with van der Waals surface area (Å²) in [5.41, 5.74) is 5.08. The average Bonchev–Trinajstić information content (AvgIpc) is 3.08. The predicted octanol–water partition coefficient (Wildman–Crippen LogP) is 8.28. The Balaban J connectivity index is 1.51. The van der Waals surface area contributed by atoms with Gasteiger partial charge in [0.05, 0.1) is 22.8 Å². The Kier molecular flexibility index (Phi) is 9.05. The first-order valence-corrected chi connectivity index (χ1v) is 17.7. The molecule has 1 heterocycles. The fourth-order valence-electron chi connectivity index (χ4n) is 5.64. The molecule has 7 nitrogen and oxygen atoms in total. The zero-order valence-corrected chi connectivity index (χ0v) is 27.5. The molecular weight excluding hydrogens is 615 g/mol. The lowest BCUT2D eigenvalue weighted by Gasteiger charge is -2.46. The Bertz CT molecular complexity index is 1930. The first kappa shape index (κ1) is 31.3. The maximum atomic E-state index is 14.7. The van der Waals surface area contributed by atoms with E-state index in [9.17, 15) is 13.2 Å². The monoisotopic (exact) mass is 649 g/mol. The molecular formula is C37H35N3O4S2. The topological polar surface area (TPSA) is 78.9 Å². The maximum absolute atomic E-state index is 14.7. The van der Waals surface area contributed by atoms with Gasteiger partial charge in [-0.05, 0) is 98.0 Å².